The summed E-state index contributed by atoms with van der Waals surface area (Å²) in [6, 6.07) is 37.8. The third-order valence-electron chi connectivity index (χ3n) is 10.1. The molecule has 0 bridgehead atoms. The molecule has 0 radical (unpaired) electrons. The van der Waals surface area contributed by atoms with Crippen LogP contribution < -0.4 is 0 Å². The summed E-state index contributed by atoms with van der Waals surface area (Å²) in [5.41, 5.74) is 15.2. The van der Waals surface area contributed by atoms with E-state index in [2.05, 4.69) is 159 Å². The van der Waals surface area contributed by atoms with E-state index < -0.39 is 21.3 Å². The summed E-state index contributed by atoms with van der Waals surface area (Å²) < 4.78 is 3.93. The maximum atomic E-state index is 2.72. The topological polar surface area (TPSA) is 0 Å². The van der Waals surface area contributed by atoms with Gasteiger partial charge in [-0.3, -0.25) is 0 Å². The van der Waals surface area contributed by atoms with Crippen LogP contribution in [-0.4, -0.2) is 3.21 Å². The fraction of sp³-hybridized carbons (Fsp3) is 0.341. The van der Waals surface area contributed by atoms with Crippen LogP contribution in [0.1, 0.15) is 92.4 Å². The summed E-state index contributed by atoms with van der Waals surface area (Å²) in [5.74, 6) is 2.04. The summed E-state index contributed by atoms with van der Waals surface area (Å²) in [6.45, 7) is 19.3. The summed E-state index contributed by atoms with van der Waals surface area (Å²) in [5, 5.41) is 0. The molecule has 1 heteroatoms. The van der Waals surface area contributed by atoms with E-state index in [1.54, 1.807) is 25.5 Å². The first-order valence-corrected chi connectivity index (χ1v) is 21.2. The molecule has 0 heterocycles. The standard InChI is InChI=1S/C17H17.C14H23.C13H10.Zr/c1-3-12-5-7-16-14(9-12)11-15-10-13(4-2)6-8-17(15)16;1-9(2)12-7-13(10(3)4)14(8-12)11(5)6;1-3-7-12(8-4-1)11-13-9-5-2-6-10-13;/h5-11H,3-4H2,1-2H3;7,9-12H,1-6H3;1-10H;. The quantitative estimate of drug-likeness (QED) is 0.166. The molecule has 0 N–H and O–H groups in total. The van der Waals surface area contributed by atoms with Crippen molar-refractivity contribution in [2.45, 2.75) is 71.9 Å². The molecule has 0 saturated carbocycles. The van der Waals surface area contributed by atoms with Gasteiger partial charge in [-0.1, -0.05) is 0 Å². The molecule has 0 aromatic heterocycles. The van der Waals surface area contributed by atoms with Crippen molar-refractivity contribution >= 4 is 3.21 Å². The summed E-state index contributed by atoms with van der Waals surface area (Å²) in [4.78, 5) is 0. The molecule has 4 aromatic carbocycles. The van der Waals surface area contributed by atoms with Gasteiger partial charge >= 0.3 is 282 Å². The Balaban J connectivity index is 1.84. The fourth-order valence-electron chi connectivity index (χ4n) is 7.93. The van der Waals surface area contributed by atoms with Gasteiger partial charge in [0.25, 0.3) is 0 Å². The van der Waals surface area contributed by atoms with Gasteiger partial charge in [0.15, 0.2) is 0 Å². The molecule has 0 amide bonds. The van der Waals surface area contributed by atoms with Crippen LogP contribution >= 0.6 is 0 Å². The molecule has 230 valence electrons. The molecule has 2 aliphatic rings. The second-order valence-electron chi connectivity index (χ2n) is 14.0. The van der Waals surface area contributed by atoms with Gasteiger partial charge in [0.2, 0.25) is 0 Å². The third-order valence-corrected chi connectivity index (χ3v) is 18.7. The van der Waals surface area contributed by atoms with Gasteiger partial charge in [0.1, 0.15) is 0 Å². The predicted molar refractivity (Wildman–Crippen MR) is 192 cm³/mol. The predicted octanol–water partition coefficient (Wildman–Crippen LogP) is 11.5. The van der Waals surface area contributed by atoms with Gasteiger partial charge in [-0.2, -0.15) is 0 Å². The Morgan fingerprint density at radius 2 is 1.11 bits per heavy atom. The summed E-state index contributed by atoms with van der Waals surface area (Å²) in [6.07, 6.45) is 4.85. The van der Waals surface area contributed by atoms with E-state index >= 15 is 0 Å². The minimum atomic E-state index is -2.92. The van der Waals surface area contributed by atoms with E-state index in [1.807, 2.05) is 3.28 Å². The van der Waals surface area contributed by atoms with Crippen molar-refractivity contribution in [2.75, 3.05) is 0 Å². The second kappa shape index (κ2) is 13.5. The van der Waals surface area contributed by atoms with E-state index in [9.17, 15) is 0 Å². The maximum absolute atomic E-state index is 2.92. The van der Waals surface area contributed by atoms with Crippen LogP contribution in [0.5, 0.6) is 0 Å². The first-order valence-electron chi connectivity index (χ1n) is 17.3. The van der Waals surface area contributed by atoms with Crippen molar-refractivity contribution < 1.29 is 21.3 Å². The first kappa shape index (κ1) is 32.1. The average molecular weight is 670 g/mol. The average Bonchev–Trinajstić information content (AvgIpc) is 3.61. The molecular formula is C44H50Zr. The Labute approximate surface area is 280 Å². The summed E-state index contributed by atoms with van der Waals surface area (Å²) in [7, 11) is 0. The molecule has 0 nitrogen and oxygen atoms in total. The Hall–Kier alpha value is -2.89. The molecule has 4 aromatic rings. The van der Waals surface area contributed by atoms with Gasteiger partial charge in [-0.25, -0.2) is 0 Å². The Morgan fingerprint density at radius 1 is 0.622 bits per heavy atom. The number of rotatable bonds is 9. The van der Waals surface area contributed by atoms with Gasteiger partial charge in [-0.05, 0) is 0 Å². The normalized spacial score (nSPS) is 16.1. The molecule has 0 spiro atoms. The number of fused-ring (bicyclic) bond motifs is 3. The minimum absolute atomic E-state index is 0.427. The van der Waals surface area contributed by atoms with Crippen LogP contribution in [0.3, 0.4) is 0 Å². The van der Waals surface area contributed by atoms with E-state index in [0.29, 0.717) is 27.3 Å². The van der Waals surface area contributed by atoms with Crippen molar-refractivity contribution in [1.29, 1.82) is 0 Å². The fourth-order valence-corrected chi connectivity index (χ4v) is 18.8. The zero-order valence-corrected chi connectivity index (χ0v) is 31.1. The first-order chi connectivity index (χ1) is 21.7. The Kier molecular flexibility index (Phi) is 9.59. The number of hydrogen-bond donors (Lipinski definition) is 0. The van der Waals surface area contributed by atoms with Gasteiger partial charge in [0.05, 0.1) is 0 Å². The van der Waals surface area contributed by atoms with Crippen LogP contribution in [-0.2, 0) is 34.1 Å². The van der Waals surface area contributed by atoms with Gasteiger partial charge < -0.3 is 0 Å². The van der Waals surface area contributed by atoms with Gasteiger partial charge in [0, 0.05) is 0 Å². The van der Waals surface area contributed by atoms with Crippen LogP contribution in [0.2, 0.25) is 0 Å². The molecule has 1 unspecified atom stereocenters. The molecule has 0 fully saturated rings. The van der Waals surface area contributed by atoms with Crippen molar-refractivity contribution in [3.63, 3.8) is 0 Å². The SMILES string of the molecule is CCc1ccc2c(c1)[CH]([Zr]([C]1=C(C(C)C)C(C(C)C)=CC1C(C)C)=[C](c1ccccc1)c1ccccc1)c1cc(CC)ccc1-2. The van der Waals surface area contributed by atoms with E-state index in [4.69, 9.17) is 0 Å². The van der Waals surface area contributed by atoms with Crippen LogP contribution in [0.25, 0.3) is 11.1 Å². The molecule has 45 heavy (non-hydrogen) atoms. The van der Waals surface area contributed by atoms with E-state index in [-0.39, 0.29) is 0 Å². The van der Waals surface area contributed by atoms with Crippen molar-refractivity contribution in [2.24, 2.45) is 23.7 Å². The molecular weight excluding hydrogens is 620 g/mol. The number of benzene rings is 4. The molecule has 1 atom stereocenters. The molecule has 6 rings (SSSR count). The second-order valence-corrected chi connectivity index (χ2v) is 20.0. The number of allylic oxidation sites excluding steroid dienone is 4. The zero-order valence-electron chi connectivity index (χ0n) is 28.6. The van der Waals surface area contributed by atoms with Crippen molar-refractivity contribution in [1.82, 2.24) is 0 Å². The monoisotopic (exact) mass is 668 g/mol. The summed E-state index contributed by atoms with van der Waals surface area (Å²) >= 11 is -2.92. The Morgan fingerprint density at radius 3 is 1.51 bits per heavy atom. The molecule has 0 saturated heterocycles. The van der Waals surface area contributed by atoms with Crippen molar-refractivity contribution in [3.05, 3.63) is 151 Å². The molecule has 2 aliphatic carbocycles. The van der Waals surface area contributed by atoms with Crippen LogP contribution in [0, 0.1) is 23.7 Å². The molecule has 0 aliphatic heterocycles. The van der Waals surface area contributed by atoms with Crippen LogP contribution in [0.4, 0.5) is 0 Å². The van der Waals surface area contributed by atoms with Crippen molar-refractivity contribution in [3.8, 4) is 11.1 Å². The number of aryl methyl sites for hydroxylation is 2. The third kappa shape index (κ3) is 5.92. The van der Waals surface area contributed by atoms with E-state index in [0.717, 1.165) is 12.8 Å². The zero-order chi connectivity index (χ0) is 31.8. The van der Waals surface area contributed by atoms with E-state index in [1.165, 1.54) is 33.4 Å². The van der Waals surface area contributed by atoms with Crippen LogP contribution in [0.15, 0.2) is 118 Å². The number of hydrogen-bond acceptors (Lipinski definition) is 0. The Bertz CT molecular complexity index is 1680. The van der Waals surface area contributed by atoms with Gasteiger partial charge in [-0.15, -0.1) is 0 Å².